The SMILES string of the molecule is C=CC/C(C)=C\CCN(C)C. The lowest BCUT2D eigenvalue weighted by atomic mass is 10.2. The molecule has 0 amide bonds. The monoisotopic (exact) mass is 153 g/mol. The highest BCUT2D eigenvalue weighted by molar-refractivity contribution is 5.02. The maximum atomic E-state index is 3.69. The Morgan fingerprint density at radius 2 is 2.09 bits per heavy atom. The zero-order chi connectivity index (χ0) is 8.69. The van der Waals surface area contributed by atoms with Crippen molar-refractivity contribution in [1.82, 2.24) is 4.90 Å². The van der Waals surface area contributed by atoms with Gasteiger partial charge in [0, 0.05) is 6.54 Å². The molecule has 0 bridgehead atoms. The molecule has 0 aliphatic rings. The van der Waals surface area contributed by atoms with Crippen LogP contribution in [0, 0.1) is 0 Å². The van der Waals surface area contributed by atoms with Gasteiger partial charge in [-0.25, -0.2) is 0 Å². The summed E-state index contributed by atoms with van der Waals surface area (Å²) in [5.74, 6) is 0. The van der Waals surface area contributed by atoms with Crippen LogP contribution in [0.1, 0.15) is 19.8 Å². The van der Waals surface area contributed by atoms with Crippen molar-refractivity contribution < 1.29 is 0 Å². The molecular formula is C10H19N. The molecule has 0 saturated carbocycles. The van der Waals surface area contributed by atoms with E-state index in [4.69, 9.17) is 0 Å². The summed E-state index contributed by atoms with van der Waals surface area (Å²) in [5.41, 5.74) is 1.42. The highest BCUT2D eigenvalue weighted by Gasteiger charge is 1.87. The Morgan fingerprint density at radius 1 is 1.45 bits per heavy atom. The fraction of sp³-hybridized carbons (Fsp3) is 0.600. The van der Waals surface area contributed by atoms with Gasteiger partial charge >= 0.3 is 0 Å². The van der Waals surface area contributed by atoms with Crippen LogP contribution in [0.4, 0.5) is 0 Å². The molecule has 0 aliphatic heterocycles. The smallest absolute Gasteiger partial charge is 0.000990 e. The van der Waals surface area contributed by atoms with Crippen LogP contribution in [0.25, 0.3) is 0 Å². The average molecular weight is 153 g/mol. The van der Waals surface area contributed by atoms with Crippen LogP contribution in [0.15, 0.2) is 24.3 Å². The molecule has 0 atom stereocenters. The van der Waals surface area contributed by atoms with Crippen molar-refractivity contribution in [2.75, 3.05) is 20.6 Å². The summed E-state index contributed by atoms with van der Waals surface area (Å²) >= 11 is 0. The standard InChI is InChI=1S/C10H19N/c1-5-7-10(2)8-6-9-11(3)4/h5,8H,1,6-7,9H2,2-4H3/b10-8-. The Bertz CT molecular complexity index is 134. The second-order valence-corrected chi connectivity index (χ2v) is 3.14. The summed E-state index contributed by atoms with van der Waals surface area (Å²) in [7, 11) is 4.19. The molecule has 0 unspecified atom stereocenters. The van der Waals surface area contributed by atoms with Crippen LogP contribution < -0.4 is 0 Å². The van der Waals surface area contributed by atoms with Gasteiger partial charge in [-0.05, 0) is 33.9 Å². The van der Waals surface area contributed by atoms with Crippen LogP contribution >= 0.6 is 0 Å². The Hall–Kier alpha value is -0.560. The van der Waals surface area contributed by atoms with Gasteiger partial charge in [-0.2, -0.15) is 0 Å². The molecule has 0 aromatic heterocycles. The first-order chi connectivity index (χ1) is 5.16. The van der Waals surface area contributed by atoms with Crippen molar-refractivity contribution >= 4 is 0 Å². The zero-order valence-corrected chi connectivity index (χ0v) is 7.93. The van der Waals surface area contributed by atoms with Crippen LogP contribution in [-0.2, 0) is 0 Å². The van der Waals surface area contributed by atoms with Crippen LogP contribution in [0.5, 0.6) is 0 Å². The number of rotatable bonds is 5. The predicted molar refractivity (Wildman–Crippen MR) is 51.7 cm³/mol. The van der Waals surface area contributed by atoms with Gasteiger partial charge in [0.05, 0.1) is 0 Å². The summed E-state index contributed by atoms with van der Waals surface area (Å²) in [6.07, 6.45) is 6.39. The Balaban J connectivity index is 3.47. The van der Waals surface area contributed by atoms with E-state index in [-0.39, 0.29) is 0 Å². The highest BCUT2D eigenvalue weighted by Crippen LogP contribution is 2.01. The Morgan fingerprint density at radius 3 is 2.55 bits per heavy atom. The lowest BCUT2D eigenvalue weighted by Gasteiger charge is -2.06. The molecule has 0 radical (unpaired) electrons. The van der Waals surface area contributed by atoms with Crippen LogP contribution in [-0.4, -0.2) is 25.5 Å². The second-order valence-electron chi connectivity index (χ2n) is 3.14. The first-order valence-electron chi connectivity index (χ1n) is 4.08. The fourth-order valence-electron chi connectivity index (χ4n) is 0.880. The minimum Gasteiger partial charge on any atom is -0.309 e. The number of allylic oxidation sites excluding steroid dienone is 2. The van der Waals surface area contributed by atoms with Crippen molar-refractivity contribution in [3.05, 3.63) is 24.3 Å². The van der Waals surface area contributed by atoms with Crippen LogP contribution in [0.3, 0.4) is 0 Å². The second kappa shape index (κ2) is 6.17. The molecule has 0 heterocycles. The minimum absolute atomic E-state index is 1.02. The summed E-state index contributed by atoms with van der Waals surface area (Å²) < 4.78 is 0. The summed E-state index contributed by atoms with van der Waals surface area (Å²) in [4.78, 5) is 2.19. The summed E-state index contributed by atoms with van der Waals surface area (Å²) in [6, 6.07) is 0. The number of nitrogens with zero attached hydrogens (tertiary/aromatic N) is 1. The van der Waals surface area contributed by atoms with E-state index in [2.05, 4.69) is 38.6 Å². The summed E-state index contributed by atoms with van der Waals surface area (Å²) in [6.45, 7) is 6.98. The lowest BCUT2D eigenvalue weighted by Crippen LogP contribution is -2.11. The van der Waals surface area contributed by atoms with Crippen molar-refractivity contribution in [2.45, 2.75) is 19.8 Å². The van der Waals surface area contributed by atoms with Crippen molar-refractivity contribution in [3.8, 4) is 0 Å². The van der Waals surface area contributed by atoms with Gasteiger partial charge in [0.25, 0.3) is 0 Å². The number of hydrogen-bond acceptors (Lipinski definition) is 1. The highest BCUT2D eigenvalue weighted by atomic mass is 15.0. The van der Waals surface area contributed by atoms with E-state index in [0.29, 0.717) is 0 Å². The molecule has 0 aromatic carbocycles. The van der Waals surface area contributed by atoms with Gasteiger partial charge in [0.2, 0.25) is 0 Å². The topological polar surface area (TPSA) is 3.24 Å². The molecule has 0 aliphatic carbocycles. The van der Waals surface area contributed by atoms with E-state index in [1.165, 1.54) is 5.57 Å². The molecular weight excluding hydrogens is 134 g/mol. The normalized spacial score (nSPS) is 12.2. The molecule has 1 nitrogen and oxygen atoms in total. The molecule has 1 heteroatoms. The van der Waals surface area contributed by atoms with Gasteiger partial charge in [-0.3, -0.25) is 0 Å². The quantitative estimate of drug-likeness (QED) is 0.548. The van der Waals surface area contributed by atoms with Gasteiger partial charge in [-0.15, -0.1) is 6.58 Å². The molecule has 0 aromatic rings. The van der Waals surface area contributed by atoms with Crippen molar-refractivity contribution in [2.24, 2.45) is 0 Å². The maximum absolute atomic E-state index is 3.69. The predicted octanol–water partition coefficient (Wildman–Crippen LogP) is 2.46. The minimum atomic E-state index is 1.02. The summed E-state index contributed by atoms with van der Waals surface area (Å²) in [5, 5.41) is 0. The van der Waals surface area contributed by atoms with Crippen LogP contribution in [0.2, 0.25) is 0 Å². The Labute approximate surface area is 70.4 Å². The van der Waals surface area contributed by atoms with E-state index in [0.717, 1.165) is 19.4 Å². The van der Waals surface area contributed by atoms with E-state index >= 15 is 0 Å². The van der Waals surface area contributed by atoms with Gasteiger partial charge < -0.3 is 4.90 Å². The lowest BCUT2D eigenvalue weighted by molar-refractivity contribution is 0.417. The van der Waals surface area contributed by atoms with Crippen molar-refractivity contribution in [1.29, 1.82) is 0 Å². The molecule has 11 heavy (non-hydrogen) atoms. The molecule has 0 N–H and O–H groups in total. The van der Waals surface area contributed by atoms with E-state index in [9.17, 15) is 0 Å². The maximum Gasteiger partial charge on any atom is 0.000990 e. The van der Waals surface area contributed by atoms with E-state index in [1.54, 1.807) is 0 Å². The third kappa shape index (κ3) is 7.34. The fourth-order valence-corrected chi connectivity index (χ4v) is 0.880. The van der Waals surface area contributed by atoms with Gasteiger partial charge in [0.1, 0.15) is 0 Å². The van der Waals surface area contributed by atoms with E-state index in [1.807, 2.05) is 6.08 Å². The molecule has 0 rings (SSSR count). The molecule has 0 spiro atoms. The van der Waals surface area contributed by atoms with Gasteiger partial charge in [0.15, 0.2) is 0 Å². The zero-order valence-electron chi connectivity index (χ0n) is 7.93. The first kappa shape index (κ1) is 10.4. The molecule has 0 fully saturated rings. The van der Waals surface area contributed by atoms with Gasteiger partial charge in [-0.1, -0.05) is 17.7 Å². The van der Waals surface area contributed by atoms with Crippen molar-refractivity contribution in [3.63, 3.8) is 0 Å². The third-order valence-electron chi connectivity index (χ3n) is 1.54. The molecule has 64 valence electrons. The largest absolute Gasteiger partial charge is 0.309 e. The molecule has 0 saturated heterocycles. The Kier molecular flexibility index (Phi) is 5.86. The average Bonchev–Trinajstić information content (AvgIpc) is 1.87. The first-order valence-corrected chi connectivity index (χ1v) is 4.08. The third-order valence-corrected chi connectivity index (χ3v) is 1.54. The van der Waals surface area contributed by atoms with E-state index < -0.39 is 0 Å². The number of hydrogen-bond donors (Lipinski definition) is 0.